The number of rotatable bonds is 3. The van der Waals surface area contributed by atoms with Crippen molar-refractivity contribution < 1.29 is 13.9 Å². The van der Waals surface area contributed by atoms with E-state index in [4.69, 9.17) is 9.15 Å². The molecule has 7 nitrogen and oxygen atoms in total. The molecule has 0 spiro atoms. The fourth-order valence-electron chi connectivity index (χ4n) is 3.36. The van der Waals surface area contributed by atoms with E-state index in [1.807, 2.05) is 22.4 Å². The van der Waals surface area contributed by atoms with Gasteiger partial charge in [-0.2, -0.15) is 4.68 Å². The molecule has 23 heavy (non-hydrogen) atoms. The van der Waals surface area contributed by atoms with Crippen LogP contribution in [0, 0.1) is 0 Å². The topological polar surface area (TPSA) is 77.6 Å². The molecule has 1 saturated heterocycles. The number of ether oxygens (including phenoxy) is 1. The minimum atomic E-state index is -0.599. The molecular formula is C15H17N3O4S. The molecule has 1 amide bonds. The molecule has 0 radical (unpaired) electrons. The van der Waals surface area contributed by atoms with Gasteiger partial charge in [-0.05, 0) is 30.7 Å². The molecule has 1 aliphatic carbocycles. The minimum absolute atomic E-state index is 0.0864. The van der Waals surface area contributed by atoms with E-state index in [-0.39, 0.29) is 30.5 Å². The van der Waals surface area contributed by atoms with Gasteiger partial charge in [0.1, 0.15) is 6.54 Å². The normalized spacial score (nSPS) is 23.9. The molecule has 2 aromatic heterocycles. The summed E-state index contributed by atoms with van der Waals surface area (Å²) in [6.45, 7) is 1.04. The summed E-state index contributed by atoms with van der Waals surface area (Å²) in [6.07, 6.45) is 3.18. The van der Waals surface area contributed by atoms with Gasteiger partial charge >= 0.3 is 5.76 Å². The van der Waals surface area contributed by atoms with Gasteiger partial charge in [0.2, 0.25) is 5.91 Å². The van der Waals surface area contributed by atoms with Crippen LogP contribution in [-0.2, 0) is 16.1 Å². The summed E-state index contributed by atoms with van der Waals surface area (Å²) < 4.78 is 12.0. The van der Waals surface area contributed by atoms with Crippen LogP contribution in [0.1, 0.15) is 19.3 Å². The molecule has 0 unspecified atom stereocenters. The quantitative estimate of drug-likeness (QED) is 0.846. The van der Waals surface area contributed by atoms with Crippen molar-refractivity contribution in [1.82, 2.24) is 14.7 Å². The van der Waals surface area contributed by atoms with Gasteiger partial charge in [-0.25, -0.2) is 4.79 Å². The Bertz CT molecular complexity index is 751. The van der Waals surface area contributed by atoms with Gasteiger partial charge < -0.3 is 14.1 Å². The van der Waals surface area contributed by atoms with Gasteiger partial charge in [0.05, 0.1) is 23.6 Å². The SMILES string of the molecule is O=C(Cn1nc(-c2cccs2)oc1=O)N1CCO[C@H]2CCC[C@@H]21. The Labute approximate surface area is 136 Å². The number of fused-ring (bicyclic) bond motifs is 1. The summed E-state index contributed by atoms with van der Waals surface area (Å²) in [6, 6.07) is 3.82. The number of hydrogen-bond acceptors (Lipinski definition) is 6. The zero-order valence-electron chi connectivity index (χ0n) is 12.5. The lowest BCUT2D eigenvalue weighted by atomic mass is 10.1. The second-order valence-corrected chi connectivity index (χ2v) is 6.75. The summed E-state index contributed by atoms with van der Waals surface area (Å²) in [4.78, 5) is 27.1. The smallest absolute Gasteiger partial charge is 0.387 e. The molecule has 8 heteroatoms. The van der Waals surface area contributed by atoms with Crippen molar-refractivity contribution >= 4 is 17.2 Å². The van der Waals surface area contributed by atoms with Crippen molar-refractivity contribution in [3.63, 3.8) is 0 Å². The Balaban J connectivity index is 1.51. The minimum Gasteiger partial charge on any atom is -0.387 e. The summed E-state index contributed by atoms with van der Waals surface area (Å²) in [5, 5.41) is 6.02. The van der Waals surface area contributed by atoms with Crippen molar-refractivity contribution in [1.29, 1.82) is 0 Å². The zero-order valence-corrected chi connectivity index (χ0v) is 13.3. The Morgan fingerprint density at radius 1 is 1.43 bits per heavy atom. The predicted octanol–water partition coefficient (Wildman–Crippen LogP) is 1.34. The number of aromatic nitrogens is 2. The first-order valence-electron chi connectivity index (χ1n) is 7.75. The van der Waals surface area contributed by atoms with E-state index in [0.717, 1.165) is 28.8 Å². The van der Waals surface area contributed by atoms with Crippen LogP contribution in [0.15, 0.2) is 26.7 Å². The first-order valence-corrected chi connectivity index (χ1v) is 8.63. The molecule has 2 aliphatic rings. The molecule has 2 aromatic rings. The Hall–Kier alpha value is -1.93. The standard InChI is InChI=1S/C15H17N3O4S/c19-13(17-6-7-21-11-4-1-3-10(11)17)9-18-15(20)22-14(16-18)12-5-2-8-23-12/h2,5,8,10-11H,1,3-4,6-7,9H2/t10-,11-/m0/s1. The predicted molar refractivity (Wildman–Crippen MR) is 83.2 cm³/mol. The van der Waals surface area contributed by atoms with Crippen LogP contribution in [0.25, 0.3) is 10.8 Å². The highest BCUT2D eigenvalue weighted by Gasteiger charge is 2.38. The van der Waals surface area contributed by atoms with Crippen molar-refractivity contribution in [3.8, 4) is 10.8 Å². The lowest BCUT2D eigenvalue weighted by molar-refractivity contribution is -0.144. The van der Waals surface area contributed by atoms with Crippen LogP contribution in [0.2, 0.25) is 0 Å². The van der Waals surface area contributed by atoms with E-state index in [2.05, 4.69) is 5.10 Å². The molecule has 0 bridgehead atoms. The fourth-order valence-corrected chi connectivity index (χ4v) is 4.00. The molecule has 3 heterocycles. The number of amides is 1. The third kappa shape index (κ3) is 2.72. The van der Waals surface area contributed by atoms with E-state index < -0.39 is 5.76 Å². The van der Waals surface area contributed by atoms with Crippen molar-refractivity contribution in [3.05, 3.63) is 28.1 Å². The third-order valence-electron chi connectivity index (χ3n) is 4.43. The number of carbonyl (C=O) groups is 1. The Morgan fingerprint density at radius 2 is 2.35 bits per heavy atom. The molecule has 122 valence electrons. The maximum Gasteiger partial charge on any atom is 0.437 e. The lowest BCUT2D eigenvalue weighted by Crippen LogP contribution is -2.52. The van der Waals surface area contributed by atoms with Crippen molar-refractivity contribution in [2.75, 3.05) is 13.2 Å². The van der Waals surface area contributed by atoms with Gasteiger partial charge in [0.15, 0.2) is 0 Å². The monoisotopic (exact) mass is 335 g/mol. The number of carbonyl (C=O) groups excluding carboxylic acids is 1. The van der Waals surface area contributed by atoms with Crippen LogP contribution in [-0.4, -0.2) is 45.9 Å². The molecule has 0 N–H and O–H groups in total. The number of nitrogens with zero attached hydrogens (tertiary/aromatic N) is 3. The summed E-state index contributed by atoms with van der Waals surface area (Å²) in [5.74, 6) is -0.435. The summed E-state index contributed by atoms with van der Waals surface area (Å²) in [5.41, 5.74) is 0. The molecule has 1 aliphatic heterocycles. The average molecular weight is 335 g/mol. The molecule has 2 atom stereocenters. The maximum atomic E-state index is 12.6. The molecule has 2 fully saturated rings. The van der Waals surface area contributed by atoms with Gasteiger partial charge in [-0.3, -0.25) is 4.79 Å². The molecule has 4 rings (SSSR count). The van der Waals surface area contributed by atoms with Gasteiger partial charge in [0, 0.05) is 6.54 Å². The third-order valence-corrected chi connectivity index (χ3v) is 5.28. The van der Waals surface area contributed by atoms with Gasteiger partial charge in [-0.15, -0.1) is 16.4 Å². The zero-order chi connectivity index (χ0) is 15.8. The van der Waals surface area contributed by atoms with E-state index >= 15 is 0 Å². The van der Waals surface area contributed by atoms with Crippen LogP contribution in [0.4, 0.5) is 0 Å². The lowest BCUT2D eigenvalue weighted by Gasteiger charge is -2.37. The second-order valence-electron chi connectivity index (χ2n) is 5.80. The second kappa shape index (κ2) is 5.93. The first-order chi connectivity index (χ1) is 11.2. The van der Waals surface area contributed by atoms with Crippen molar-refractivity contribution in [2.24, 2.45) is 0 Å². The van der Waals surface area contributed by atoms with Crippen molar-refractivity contribution in [2.45, 2.75) is 38.0 Å². The number of hydrogen-bond donors (Lipinski definition) is 0. The molecular weight excluding hydrogens is 318 g/mol. The van der Waals surface area contributed by atoms with E-state index in [1.165, 1.54) is 11.3 Å². The van der Waals surface area contributed by atoms with Crippen LogP contribution in [0.3, 0.4) is 0 Å². The molecule has 1 saturated carbocycles. The van der Waals surface area contributed by atoms with E-state index in [0.29, 0.717) is 13.2 Å². The highest BCUT2D eigenvalue weighted by molar-refractivity contribution is 7.13. The van der Waals surface area contributed by atoms with E-state index in [1.54, 1.807) is 0 Å². The largest absolute Gasteiger partial charge is 0.437 e. The first kappa shape index (κ1) is 14.6. The fraction of sp³-hybridized carbons (Fsp3) is 0.533. The highest BCUT2D eigenvalue weighted by atomic mass is 32.1. The maximum absolute atomic E-state index is 12.6. The number of thiophene rings is 1. The van der Waals surface area contributed by atoms with Gasteiger partial charge in [-0.1, -0.05) is 6.07 Å². The van der Waals surface area contributed by atoms with Gasteiger partial charge in [0.25, 0.3) is 5.89 Å². The van der Waals surface area contributed by atoms with Crippen LogP contribution >= 0.6 is 11.3 Å². The Kier molecular flexibility index (Phi) is 3.78. The number of morpholine rings is 1. The summed E-state index contributed by atoms with van der Waals surface area (Å²) in [7, 11) is 0. The van der Waals surface area contributed by atoms with Crippen LogP contribution in [0.5, 0.6) is 0 Å². The molecule has 0 aromatic carbocycles. The highest BCUT2D eigenvalue weighted by Crippen LogP contribution is 2.29. The summed E-state index contributed by atoms with van der Waals surface area (Å²) >= 11 is 1.44. The van der Waals surface area contributed by atoms with E-state index in [9.17, 15) is 9.59 Å². The van der Waals surface area contributed by atoms with Crippen LogP contribution < -0.4 is 5.76 Å². The Morgan fingerprint density at radius 3 is 3.17 bits per heavy atom. The average Bonchev–Trinajstić information content (AvgIpc) is 3.27.